The fourth-order valence-corrected chi connectivity index (χ4v) is 1.83. The lowest BCUT2D eigenvalue weighted by atomic mass is 10.1. The Balaban J connectivity index is 2.01. The highest BCUT2D eigenvalue weighted by molar-refractivity contribution is 5.56. The monoisotopic (exact) mass is 303 g/mol. The van der Waals surface area contributed by atoms with Crippen molar-refractivity contribution >= 4 is 5.69 Å². The fraction of sp³-hybridized carbons (Fsp3) is 0.176. The number of alkyl halides is 2. The van der Waals surface area contributed by atoms with Crippen molar-refractivity contribution in [1.82, 2.24) is 0 Å². The molecule has 0 saturated heterocycles. The van der Waals surface area contributed by atoms with Crippen LogP contribution in [0.1, 0.15) is 11.1 Å². The van der Waals surface area contributed by atoms with Crippen LogP contribution in [0.2, 0.25) is 0 Å². The number of halogens is 2. The normalized spacial score (nSPS) is 10.0. The Hall–Kier alpha value is -2.74. The van der Waals surface area contributed by atoms with Gasteiger partial charge in [0.2, 0.25) is 0 Å². The van der Waals surface area contributed by atoms with Crippen molar-refractivity contribution in [3.05, 3.63) is 53.6 Å². The highest BCUT2D eigenvalue weighted by atomic mass is 19.3. The van der Waals surface area contributed by atoms with Gasteiger partial charge in [-0.2, -0.15) is 8.78 Å². The topological polar surface area (TPSA) is 44.5 Å². The van der Waals surface area contributed by atoms with E-state index in [4.69, 9.17) is 10.5 Å². The van der Waals surface area contributed by atoms with Crippen LogP contribution in [0.3, 0.4) is 0 Å². The van der Waals surface area contributed by atoms with E-state index >= 15 is 0 Å². The summed E-state index contributed by atoms with van der Waals surface area (Å²) in [4.78, 5) is 0. The molecule has 0 aliphatic carbocycles. The van der Waals surface area contributed by atoms with Gasteiger partial charge in [-0.05, 0) is 35.9 Å². The molecule has 22 heavy (non-hydrogen) atoms. The number of methoxy groups -OCH3 is 1. The molecule has 2 rings (SSSR count). The van der Waals surface area contributed by atoms with E-state index in [0.717, 1.165) is 11.1 Å². The molecule has 0 unspecified atom stereocenters. The van der Waals surface area contributed by atoms with Crippen molar-refractivity contribution in [2.45, 2.75) is 13.0 Å². The molecule has 114 valence electrons. The summed E-state index contributed by atoms with van der Waals surface area (Å²) in [6.45, 7) is -2.81. The largest absolute Gasteiger partial charge is 0.495 e. The summed E-state index contributed by atoms with van der Waals surface area (Å²) < 4.78 is 33.5. The average molecular weight is 303 g/mol. The first kappa shape index (κ1) is 15.6. The van der Waals surface area contributed by atoms with Crippen LogP contribution < -0.4 is 15.2 Å². The molecule has 0 fully saturated rings. The van der Waals surface area contributed by atoms with E-state index < -0.39 is 6.61 Å². The second-order valence-corrected chi connectivity index (χ2v) is 4.46. The quantitative estimate of drug-likeness (QED) is 0.695. The van der Waals surface area contributed by atoms with Crippen molar-refractivity contribution in [1.29, 1.82) is 0 Å². The molecule has 0 spiro atoms. The van der Waals surface area contributed by atoms with Crippen molar-refractivity contribution in [3.63, 3.8) is 0 Å². The maximum Gasteiger partial charge on any atom is 0.387 e. The van der Waals surface area contributed by atoms with Crippen LogP contribution in [-0.2, 0) is 6.42 Å². The lowest BCUT2D eigenvalue weighted by molar-refractivity contribution is -0.0498. The molecule has 0 atom stereocenters. The van der Waals surface area contributed by atoms with Crippen molar-refractivity contribution in [3.8, 4) is 23.3 Å². The minimum absolute atomic E-state index is 0.134. The predicted molar refractivity (Wildman–Crippen MR) is 81.1 cm³/mol. The van der Waals surface area contributed by atoms with Gasteiger partial charge in [0.05, 0.1) is 12.8 Å². The molecule has 2 aromatic rings. The summed E-state index contributed by atoms with van der Waals surface area (Å²) >= 11 is 0. The first-order valence-corrected chi connectivity index (χ1v) is 6.54. The number of anilines is 1. The van der Waals surface area contributed by atoms with Gasteiger partial charge in [0, 0.05) is 12.0 Å². The Kier molecular flexibility index (Phi) is 5.21. The van der Waals surface area contributed by atoms with Crippen molar-refractivity contribution in [2.75, 3.05) is 12.8 Å². The van der Waals surface area contributed by atoms with Gasteiger partial charge in [-0.15, -0.1) is 0 Å². The molecule has 0 radical (unpaired) electrons. The number of rotatable bonds is 4. The number of hydrogen-bond acceptors (Lipinski definition) is 3. The second-order valence-electron chi connectivity index (χ2n) is 4.46. The van der Waals surface area contributed by atoms with E-state index in [0.29, 0.717) is 17.9 Å². The third-order valence-electron chi connectivity index (χ3n) is 2.91. The molecule has 0 aliphatic rings. The summed E-state index contributed by atoms with van der Waals surface area (Å²) in [6, 6.07) is 11.7. The number of nitrogens with two attached hydrogens (primary N) is 1. The molecule has 2 aromatic carbocycles. The molecule has 0 aliphatic heterocycles. The summed E-state index contributed by atoms with van der Waals surface area (Å²) in [6.07, 6.45) is 0.502. The van der Waals surface area contributed by atoms with E-state index in [9.17, 15) is 8.78 Å². The molecular weight excluding hydrogens is 288 g/mol. The predicted octanol–water partition coefficient (Wildman–Crippen LogP) is 3.47. The third kappa shape index (κ3) is 4.38. The molecule has 0 bridgehead atoms. The lowest BCUT2D eigenvalue weighted by Crippen LogP contribution is -2.01. The highest BCUT2D eigenvalue weighted by Crippen LogP contribution is 2.21. The zero-order valence-corrected chi connectivity index (χ0v) is 12.0. The van der Waals surface area contributed by atoms with E-state index in [1.54, 1.807) is 31.4 Å². The van der Waals surface area contributed by atoms with Crippen LogP contribution >= 0.6 is 0 Å². The van der Waals surface area contributed by atoms with E-state index in [1.807, 2.05) is 6.07 Å². The second kappa shape index (κ2) is 7.32. The summed E-state index contributed by atoms with van der Waals surface area (Å²) in [7, 11) is 1.55. The van der Waals surface area contributed by atoms with Crippen LogP contribution in [0, 0.1) is 11.8 Å². The Morgan fingerprint density at radius 1 is 1.14 bits per heavy atom. The van der Waals surface area contributed by atoms with E-state index in [2.05, 4.69) is 16.6 Å². The Morgan fingerprint density at radius 2 is 1.86 bits per heavy atom. The van der Waals surface area contributed by atoms with Gasteiger partial charge < -0.3 is 15.2 Å². The number of hydrogen-bond donors (Lipinski definition) is 1. The van der Waals surface area contributed by atoms with Gasteiger partial charge in [-0.1, -0.05) is 24.0 Å². The maximum atomic E-state index is 12.0. The van der Waals surface area contributed by atoms with Gasteiger partial charge >= 0.3 is 6.61 Å². The van der Waals surface area contributed by atoms with Crippen molar-refractivity contribution in [2.24, 2.45) is 0 Å². The Morgan fingerprint density at radius 3 is 2.50 bits per heavy atom. The van der Waals surface area contributed by atoms with Gasteiger partial charge in [-0.25, -0.2) is 0 Å². The Bertz CT molecular complexity index is 688. The molecule has 0 heterocycles. The maximum absolute atomic E-state index is 12.0. The van der Waals surface area contributed by atoms with Crippen LogP contribution in [0.5, 0.6) is 11.5 Å². The Labute approximate surface area is 127 Å². The van der Waals surface area contributed by atoms with Gasteiger partial charge in [0.1, 0.15) is 11.5 Å². The third-order valence-corrected chi connectivity index (χ3v) is 2.91. The molecule has 0 aromatic heterocycles. The minimum Gasteiger partial charge on any atom is -0.495 e. The molecule has 5 heteroatoms. The van der Waals surface area contributed by atoms with E-state index in [-0.39, 0.29) is 5.75 Å². The molecule has 2 N–H and O–H groups in total. The molecule has 0 amide bonds. The van der Waals surface area contributed by atoms with Crippen LogP contribution in [0.15, 0.2) is 42.5 Å². The SMILES string of the molecule is COc1cc(C#CCc2ccc(OC(F)F)cc2)ccc1N. The number of ether oxygens (including phenoxy) is 2. The van der Waals surface area contributed by atoms with E-state index in [1.165, 1.54) is 12.1 Å². The first-order chi connectivity index (χ1) is 10.6. The smallest absolute Gasteiger partial charge is 0.387 e. The first-order valence-electron chi connectivity index (χ1n) is 6.54. The molecule has 0 saturated carbocycles. The standard InChI is InChI=1S/C17H15F2NO2/c1-21-16-11-13(7-10-15(16)20)4-2-3-12-5-8-14(9-6-12)22-17(18)19/h5-11,17H,3,20H2,1H3. The minimum atomic E-state index is -2.81. The van der Waals surface area contributed by atoms with Gasteiger partial charge in [0.15, 0.2) is 0 Å². The van der Waals surface area contributed by atoms with Gasteiger partial charge in [0.25, 0.3) is 0 Å². The number of nitrogen functional groups attached to an aromatic ring is 1. The zero-order chi connectivity index (χ0) is 15.9. The average Bonchev–Trinajstić information content (AvgIpc) is 2.50. The summed E-state index contributed by atoms with van der Waals surface area (Å²) in [5, 5.41) is 0. The summed E-state index contributed by atoms with van der Waals surface area (Å²) in [5.41, 5.74) is 8.00. The van der Waals surface area contributed by atoms with Gasteiger partial charge in [-0.3, -0.25) is 0 Å². The van der Waals surface area contributed by atoms with Crippen LogP contribution in [0.4, 0.5) is 14.5 Å². The molecule has 3 nitrogen and oxygen atoms in total. The van der Waals surface area contributed by atoms with Crippen molar-refractivity contribution < 1.29 is 18.3 Å². The molecular formula is C17H15F2NO2. The zero-order valence-electron chi connectivity index (χ0n) is 12.0. The van der Waals surface area contributed by atoms with Crippen LogP contribution in [0.25, 0.3) is 0 Å². The van der Waals surface area contributed by atoms with Crippen LogP contribution in [-0.4, -0.2) is 13.7 Å². The summed E-state index contributed by atoms with van der Waals surface area (Å²) in [5.74, 6) is 6.74. The lowest BCUT2D eigenvalue weighted by Gasteiger charge is -2.04. The number of benzene rings is 2. The highest BCUT2D eigenvalue weighted by Gasteiger charge is 2.03. The fourth-order valence-electron chi connectivity index (χ4n) is 1.83.